The van der Waals surface area contributed by atoms with Gasteiger partial charge in [0, 0.05) is 11.1 Å². The monoisotopic (exact) mass is 553 g/mol. The fourth-order valence-electron chi connectivity index (χ4n) is 3.43. The minimum atomic E-state index is -4.47. The molecule has 17 heteroatoms. The summed E-state index contributed by atoms with van der Waals surface area (Å²) in [5.74, 6) is -0.761. The average molecular weight is 553 g/mol. The molecule has 1 aromatic heterocycles. The molecule has 38 heavy (non-hydrogen) atoms. The second-order valence-corrected chi connectivity index (χ2v) is 10.2. The second-order valence-electron chi connectivity index (χ2n) is 8.53. The van der Waals surface area contributed by atoms with Crippen molar-refractivity contribution in [3.63, 3.8) is 0 Å². The standard InChI is InChI=1S/C21H28N7O9P/c1-12(2)35-19(31)13(3)25-38(33,37-14-7-5-4-6-8-14)34-11-21(26-27-23)17(30)16(29)18(36-21)28-10-9-15(22)24-20(28)32/h4-10,12-13,16-18,29-30H,11H2,1-3H3,(H,25,33)(H2,22,24,32)/t13-,16-,17+,18-,21-,38?/m1/s1. The summed E-state index contributed by atoms with van der Waals surface area (Å²) >= 11 is 0. The van der Waals surface area contributed by atoms with Crippen molar-refractivity contribution in [1.82, 2.24) is 14.6 Å². The Morgan fingerprint density at radius 2 is 2.03 bits per heavy atom. The van der Waals surface area contributed by atoms with Gasteiger partial charge in [-0.1, -0.05) is 23.3 Å². The number of nitrogens with two attached hydrogens (primary N) is 1. The van der Waals surface area contributed by atoms with E-state index in [1.807, 2.05) is 0 Å². The van der Waals surface area contributed by atoms with Gasteiger partial charge in [-0.2, -0.15) is 10.1 Å². The molecule has 2 heterocycles. The molecular weight excluding hydrogens is 525 g/mol. The van der Waals surface area contributed by atoms with Gasteiger partial charge in [0.25, 0.3) is 0 Å². The van der Waals surface area contributed by atoms with Crippen LogP contribution in [0.1, 0.15) is 27.0 Å². The van der Waals surface area contributed by atoms with E-state index in [-0.39, 0.29) is 11.6 Å². The zero-order valence-corrected chi connectivity index (χ0v) is 21.5. The number of nitrogens with one attached hydrogen (secondary N) is 1. The molecule has 0 aliphatic carbocycles. The third kappa shape index (κ3) is 6.68. The molecule has 206 valence electrons. The lowest BCUT2D eigenvalue weighted by Gasteiger charge is -2.29. The molecule has 0 bridgehead atoms. The van der Waals surface area contributed by atoms with E-state index in [2.05, 4.69) is 20.1 Å². The van der Waals surface area contributed by atoms with Crippen LogP contribution in [0.4, 0.5) is 5.82 Å². The highest BCUT2D eigenvalue weighted by Crippen LogP contribution is 2.48. The van der Waals surface area contributed by atoms with E-state index in [1.54, 1.807) is 32.0 Å². The zero-order valence-electron chi connectivity index (χ0n) is 20.6. The number of carbonyl (C=O) groups excluding carboxylic acids is 1. The summed E-state index contributed by atoms with van der Waals surface area (Å²) in [6.07, 6.45) is -4.65. The van der Waals surface area contributed by atoms with Crippen molar-refractivity contribution in [2.75, 3.05) is 12.3 Å². The highest BCUT2D eigenvalue weighted by atomic mass is 31.2. The van der Waals surface area contributed by atoms with E-state index in [1.165, 1.54) is 25.1 Å². The molecule has 1 fully saturated rings. The Morgan fingerprint density at radius 1 is 1.34 bits per heavy atom. The molecule has 3 rings (SSSR count). The number of rotatable bonds is 11. The Hall–Kier alpha value is -3.49. The lowest BCUT2D eigenvalue weighted by Crippen LogP contribution is -2.45. The van der Waals surface area contributed by atoms with E-state index in [0.29, 0.717) is 0 Å². The lowest BCUT2D eigenvalue weighted by atomic mass is 10.1. The molecule has 0 spiro atoms. The number of anilines is 1. The van der Waals surface area contributed by atoms with Crippen molar-refractivity contribution in [3.05, 3.63) is 63.5 Å². The number of para-hydroxylation sites is 1. The maximum absolute atomic E-state index is 13.7. The van der Waals surface area contributed by atoms with E-state index in [9.17, 15) is 24.4 Å². The zero-order chi connectivity index (χ0) is 28.1. The number of azide groups is 1. The van der Waals surface area contributed by atoms with Gasteiger partial charge in [-0.15, -0.1) is 0 Å². The van der Waals surface area contributed by atoms with E-state index < -0.39 is 62.3 Å². The molecule has 1 unspecified atom stereocenters. The van der Waals surface area contributed by atoms with Crippen LogP contribution in [0.3, 0.4) is 0 Å². The van der Waals surface area contributed by atoms with Crippen LogP contribution in [0.25, 0.3) is 10.4 Å². The van der Waals surface area contributed by atoms with Gasteiger partial charge in [0.05, 0.1) is 12.7 Å². The number of aliphatic hydroxyl groups is 2. The van der Waals surface area contributed by atoms with Crippen LogP contribution >= 0.6 is 7.75 Å². The molecule has 0 saturated carbocycles. The third-order valence-electron chi connectivity index (χ3n) is 5.21. The largest absolute Gasteiger partial charge is 0.462 e. The number of benzene rings is 1. The predicted molar refractivity (Wildman–Crippen MR) is 131 cm³/mol. The Labute approximate surface area is 216 Å². The van der Waals surface area contributed by atoms with Crippen molar-refractivity contribution in [1.29, 1.82) is 0 Å². The van der Waals surface area contributed by atoms with Gasteiger partial charge in [-0.25, -0.2) is 9.36 Å². The van der Waals surface area contributed by atoms with Gasteiger partial charge in [0.2, 0.25) is 5.72 Å². The van der Waals surface area contributed by atoms with Crippen molar-refractivity contribution in [3.8, 4) is 5.75 Å². The maximum Gasteiger partial charge on any atom is 0.459 e. The Bertz CT molecular complexity index is 1290. The van der Waals surface area contributed by atoms with Crippen LogP contribution in [0.15, 0.2) is 52.5 Å². The molecule has 1 saturated heterocycles. The molecule has 16 nitrogen and oxygen atoms in total. The van der Waals surface area contributed by atoms with Crippen LogP contribution in [-0.4, -0.2) is 62.4 Å². The number of carbonyl (C=O) groups is 1. The number of nitrogen functional groups attached to an aromatic ring is 1. The molecule has 0 amide bonds. The molecule has 6 atom stereocenters. The normalized spacial score (nSPS) is 25.3. The van der Waals surface area contributed by atoms with Crippen LogP contribution in [-0.2, 0) is 23.4 Å². The van der Waals surface area contributed by atoms with E-state index in [0.717, 1.165) is 10.8 Å². The molecular formula is C21H28N7O9P. The highest BCUT2D eigenvalue weighted by molar-refractivity contribution is 7.52. The number of hydrogen-bond donors (Lipinski definition) is 4. The number of aromatic nitrogens is 2. The molecule has 0 radical (unpaired) electrons. The molecule has 1 aliphatic heterocycles. The Balaban J connectivity index is 1.90. The van der Waals surface area contributed by atoms with Crippen LogP contribution in [0.2, 0.25) is 0 Å². The predicted octanol–water partition coefficient (Wildman–Crippen LogP) is 1.22. The molecule has 1 aliphatic rings. The Morgan fingerprint density at radius 3 is 2.63 bits per heavy atom. The van der Waals surface area contributed by atoms with Crippen LogP contribution in [0.5, 0.6) is 5.75 Å². The quantitative estimate of drug-likeness (QED) is 0.101. The van der Waals surface area contributed by atoms with Gasteiger partial charge < -0.3 is 29.9 Å². The fourth-order valence-corrected chi connectivity index (χ4v) is 4.94. The number of esters is 1. The van der Waals surface area contributed by atoms with Gasteiger partial charge in [0.1, 0.15) is 29.8 Å². The minimum absolute atomic E-state index is 0.0934. The topological polar surface area (TPSA) is 233 Å². The molecule has 5 N–H and O–H groups in total. The smallest absolute Gasteiger partial charge is 0.459 e. The summed E-state index contributed by atoms with van der Waals surface area (Å²) in [5, 5.41) is 27.3. The number of aliphatic hydroxyl groups excluding tert-OH is 2. The Kier molecular flexibility index (Phi) is 9.12. The maximum atomic E-state index is 13.7. The van der Waals surface area contributed by atoms with E-state index >= 15 is 0 Å². The van der Waals surface area contributed by atoms with Crippen molar-refractivity contribution in [2.24, 2.45) is 5.11 Å². The van der Waals surface area contributed by atoms with Gasteiger partial charge in [-0.05, 0) is 44.5 Å². The van der Waals surface area contributed by atoms with Gasteiger partial charge in [0.15, 0.2) is 6.23 Å². The average Bonchev–Trinajstić information content (AvgIpc) is 3.09. The van der Waals surface area contributed by atoms with Crippen LogP contribution in [0, 0.1) is 0 Å². The SMILES string of the molecule is CC(C)OC(=O)[C@@H](C)NP(=O)(OC[C@@]1(N=[N+]=[N-])O[C@@H](n2ccc(N)nc2=O)[C@H](O)[C@@H]1O)Oc1ccccc1. The molecule has 1 aromatic carbocycles. The lowest BCUT2D eigenvalue weighted by molar-refractivity contribution is -0.149. The summed E-state index contributed by atoms with van der Waals surface area (Å²) in [6.45, 7) is 3.69. The fraction of sp³-hybridized carbons (Fsp3) is 0.476. The van der Waals surface area contributed by atoms with E-state index in [4.69, 9.17) is 29.8 Å². The first kappa shape index (κ1) is 29.1. The van der Waals surface area contributed by atoms with Crippen molar-refractivity contribution in [2.45, 2.75) is 57.1 Å². The summed E-state index contributed by atoms with van der Waals surface area (Å²) in [6, 6.07) is 7.88. The number of nitrogens with zero attached hydrogens (tertiary/aromatic N) is 5. The summed E-state index contributed by atoms with van der Waals surface area (Å²) < 4.78 is 36.3. The number of hydrogen-bond acceptors (Lipinski definition) is 12. The highest BCUT2D eigenvalue weighted by Gasteiger charge is 2.56. The second kappa shape index (κ2) is 11.9. The van der Waals surface area contributed by atoms with Crippen molar-refractivity contribution >= 4 is 19.5 Å². The van der Waals surface area contributed by atoms with Crippen LogP contribution < -0.4 is 21.0 Å². The minimum Gasteiger partial charge on any atom is -0.462 e. The summed E-state index contributed by atoms with van der Waals surface area (Å²) in [4.78, 5) is 30.8. The number of ether oxygens (including phenoxy) is 2. The van der Waals surface area contributed by atoms with Gasteiger partial charge in [-0.3, -0.25) is 13.9 Å². The summed E-state index contributed by atoms with van der Waals surface area (Å²) in [7, 11) is -4.47. The van der Waals surface area contributed by atoms with Gasteiger partial charge >= 0.3 is 19.4 Å². The summed E-state index contributed by atoms with van der Waals surface area (Å²) in [5.41, 5.74) is 11.4. The van der Waals surface area contributed by atoms with Crippen molar-refractivity contribution < 1.29 is 38.1 Å². The first-order chi connectivity index (χ1) is 17.9. The first-order valence-electron chi connectivity index (χ1n) is 11.3. The first-order valence-corrected chi connectivity index (χ1v) is 12.9. The third-order valence-corrected chi connectivity index (χ3v) is 6.83. The molecule has 2 aromatic rings.